The molecular weight excluding hydrogens is 242 g/mol. The number of aryl methyl sites for hydroxylation is 2. The number of nitrogens with zero attached hydrogens (tertiary/aromatic N) is 3. The van der Waals surface area contributed by atoms with Crippen LogP contribution in [-0.2, 0) is 0 Å². The molecule has 102 valence electrons. The van der Waals surface area contributed by atoms with Crippen molar-refractivity contribution in [2.24, 2.45) is 0 Å². The van der Waals surface area contributed by atoms with Gasteiger partial charge in [-0.15, -0.1) is 0 Å². The highest BCUT2D eigenvalue weighted by molar-refractivity contribution is 5.54. The van der Waals surface area contributed by atoms with Gasteiger partial charge in [0.05, 0.1) is 12.0 Å². The van der Waals surface area contributed by atoms with Gasteiger partial charge >= 0.3 is 0 Å². The Morgan fingerprint density at radius 1 is 1.37 bits per heavy atom. The summed E-state index contributed by atoms with van der Waals surface area (Å²) in [6.45, 7) is 7.67. The summed E-state index contributed by atoms with van der Waals surface area (Å²) < 4.78 is 5.26. The second-order valence-corrected chi connectivity index (χ2v) is 4.89. The van der Waals surface area contributed by atoms with Gasteiger partial charge in [0, 0.05) is 6.20 Å². The van der Waals surface area contributed by atoms with E-state index in [1.54, 1.807) is 13.1 Å². The Balaban J connectivity index is 2.35. The fraction of sp³-hybridized carbons (Fsp3) is 0.500. The average Bonchev–Trinajstić information content (AvgIpc) is 2.78. The molecule has 0 bridgehead atoms. The molecule has 2 atom stereocenters. The van der Waals surface area contributed by atoms with Crippen molar-refractivity contribution >= 4 is 0 Å². The molecule has 0 radical (unpaired) electrons. The monoisotopic (exact) mass is 261 g/mol. The lowest BCUT2D eigenvalue weighted by atomic mass is 10.0. The Bertz CT molecular complexity index is 564. The average molecular weight is 261 g/mol. The van der Waals surface area contributed by atoms with Crippen molar-refractivity contribution in [3.8, 4) is 11.5 Å². The van der Waals surface area contributed by atoms with Crippen molar-refractivity contribution in [3.05, 3.63) is 29.3 Å². The SMILES string of the molecule is CCC(c1nc(-c2ncc(C)cc2C)no1)C(C)O. The van der Waals surface area contributed by atoms with Crippen molar-refractivity contribution in [3.63, 3.8) is 0 Å². The van der Waals surface area contributed by atoms with Crippen LogP contribution < -0.4 is 0 Å². The summed E-state index contributed by atoms with van der Waals surface area (Å²) in [6.07, 6.45) is 2.02. The van der Waals surface area contributed by atoms with Crippen molar-refractivity contribution in [2.45, 2.75) is 46.1 Å². The van der Waals surface area contributed by atoms with Gasteiger partial charge in [-0.3, -0.25) is 4.98 Å². The Kier molecular flexibility index (Phi) is 3.95. The minimum Gasteiger partial charge on any atom is -0.393 e. The zero-order chi connectivity index (χ0) is 14.0. The topological polar surface area (TPSA) is 72.0 Å². The lowest BCUT2D eigenvalue weighted by Crippen LogP contribution is -2.14. The van der Waals surface area contributed by atoms with Gasteiger partial charge in [0.15, 0.2) is 0 Å². The molecule has 2 aromatic rings. The molecule has 1 N–H and O–H groups in total. The van der Waals surface area contributed by atoms with Crippen LogP contribution in [0.5, 0.6) is 0 Å². The minimum atomic E-state index is -0.509. The van der Waals surface area contributed by atoms with E-state index in [4.69, 9.17) is 4.52 Å². The standard InChI is InChI=1S/C14H19N3O2/c1-5-11(10(4)18)14-16-13(17-19-14)12-9(3)6-8(2)7-15-12/h6-7,10-11,18H,5H2,1-4H3. The molecular formula is C14H19N3O2. The first-order valence-electron chi connectivity index (χ1n) is 6.48. The number of hydrogen-bond acceptors (Lipinski definition) is 5. The summed E-state index contributed by atoms with van der Waals surface area (Å²) in [5.74, 6) is 0.813. The highest BCUT2D eigenvalue weighted by atomic mass is 16.5. The first-order chi connectivity index (χ1) is 9.02. The van der Waals surface area contributed by atoms with Gasteiger partial charge in [-0.1, -0.05) is 18.1 Å². The van der Waals surface area contributed by atoms with Crippen LogP contribution in [0.15, 0.2) is 16.8 Å². The maximum atomic E-state index is 9.69. The van der Waals surface area contributed by atoms with Gasteiger partial charge in [0.2, 0.25) is 11.7 Å². The normalized spacial score (nSPS) is 14.4. The first-order valence-corrected chi connectivity index (χ1v) is 6.48. The van der Waals surface area contributed by atoms with Gasteiger partial charge < -0.3 is 9.63 Å². The molecule has 0 saturated carbocycles. The lowest BCUT2D eigenvalue weighted by Gasteiger charge is -2.12. The number of pyridine rings is 1. The fourth-order valence-corrected chi connectivity index (χ4v) is 2.15. The lowest BCUT2D eigenvalue weighted by molar-refractivity contribution is 0.141. The van der Waals surface area contributed by atoms with E-state index in [0.717, 1.165) is 23.2 Å². The minimum absolute atomic E-state index is 0.132. The van der Waals surface area contributed by atoms with Crippen molar-refractivity contribution in [2.75, 3.05) is 0 Å². The van der Waals surface area contributed by atoms with E-state index in [2.05, 4.69) is 15.1 Å². The van der Waals surface area contributed by atoms with Crippen LogP contribution in [0.25, 0.3) is 11.5 Å². The predicted molar refractivity (Wildman–Crippen MR) is 71.7 cm³/mol. The van der Waals surface area contributed by atoms with Crippen LogP contribution in [0.4, 0.5) is 0 Å². The molecule has 0 aliphatic carbocycles. The van der Waals surface area contributed by atoms with E-state index in [1.165, 1.54) is 0 Å². The summed E-state index contributed by atoms with van der Waals surface area (Å²) in [6, 6.07) is 2.03. The molecule has 2 rings (SSSR count). The summed E-state index contributed by atoms with van der Waals surface area (Å²) in [4.78, 5) is 8.71. The van der Waals surface area contributed by atoms with Gasteiger partial charge in [-0.25, -0.2) is 0 Å². The largest absolute Gasteiger partial charge is 0.393 e. The molecule has 2 aromatic heterocycles. The maximum Gasteiger partial charge on any atom is 0.232 e. The second-order valence-electron chi connectivity index (χ2n) is 4.89. The van der Waals surface area contributed by atoms with Gasteiger partial charge in [-0.2, -0.15) is 4.98 Å². The Morgan fingerprint density at radius 2 is 2.11 bits per heavy atom. The predicted octanol–water partition coefficient (Wildman–Crippen LogP) is 2.62. The van der Waals surface area contributed by atoms with Crippen LogP contribution in [0.1, 0.15) is 43.2 Å². The third kappa shape index (κ3) is 2.81. The van der Waals surface area contributed by atoms with Crippen molar-refractivity contribution in [1.82, 2.24) is 15.1 Å². The Morgan fingerprint density at radius 3 is 2.68 bits per heavy atom. The highest BCUT2D eigenvalue weighted by Gasteiger charge is 2.23. The third-order valence-corrected chi connectivity index (χ3v) is 3.21. The first kappa shape index (κ1) is 13.7. The highest BCUT2D eigenvalue weighted by Crippen LogP contribution is 2.25. The number of rotatable bonds is 4. The summed E-state index contributed by atoms with van der Waals surface area (Å²) in [5.41, 5.74) is 2.83. The molecule has 0 amide bonds. The molecule has 0 aliphatic heterocycles. The number of aliphatic hydroxyl groups is 1. The van der Waals surface area contributed by atoms with E-state index in [-0.39, 0.29) is 5.92 Å². The van der Waals surface area contributed by atoms with Crippen LogP contribution in [-0.4, -0.2) is 26.3 Å². The Hall–Kier alpha value is -1.75. The summed E-state index contributed by atoms with van der Waals surface area (Å²) >= 11 is 0. The molecule has 0 aliphatic rings. The van der Waals surface area contributed by atoms with Crippen molar-refractivity contribution < 1.29 is 9.63 Å². The quantitative estimate of drug-likeness (QED) is 0.916. The molecule has 0 fully saturated rings. The number of aliphatic hydroxyl groups excluding tert-OH is 1. The molecule has 19 heavy (non-hydrogen) atoms. The third-order valence-electron chi connectivity index (χ3n) is 3.21. The zero-order valence-electron chi connectivity index (χ0n) is 11.7. The molecule has 5 heteroatoms. The zero-order valence-corrected chi connectivity index (χ0v) is 11.7. The smallest absolute Gasteiger partial charge is 0.232 e. The molecule has 2 heterocycles. The fourth-order valence-electron chi connectivity index (χ4n) is 2.15. The maximum absolute atomic E-state index is 9.69. The van der Waals surface area contributed by atoms with Crippen LogP contribution >= 0.6 is 0 Å². The van der Waals surface area contributed by atoms with E-state index in [0.29, 0.717) is 11.7 Å². The van der Waals surface area contributed by atoms with E-state index in [1.807, 2.05) is 26.8 Å². The number of aromatic nitrogens is 3. The summed E-state index contributed by atoms with van der Waals surface area (Å²) in [7, 11) is 0. The summed E-state index contributed by atoms with van der Waals surface area (Å²) in [5, 5.41) is 13.7. The molecule has 0 aromatic carbocycles. The van der Waals surface area contributed by atoms with Gasteiger partial charge in [0.1, 0.15) is 5.69 Å². The van der Waals surface area contributed by atoms with E-state index >= 15 is 0 Å². The van der Waals surface area contributed by atoms with Gasteiger partial charge in [0.25, 0.3) is 0 Å². The Labute approximate surface area is 112 Å². The molecule has 2 unspecified atom stereocenters. The second kappa shape index (κ2) is 5.48. The van der Waals surface area contributed by atoms with Crippen LogP contribution in [0.3, 0.4) is 0 Å². The molecule has 0 spiro atoms. The van der Waals surface area contributed by atoms with E-state index < -0.39 is 6.10 Å². The van der Waals surface area contributed by atoms with Crippen LogP contribution in [0, 0.1) is 13.8 Å². The van der Waals surface area contributed by atoms with Crippen molar-refractivity contribution in [1.29, 1.82) is 0 Å². The van der Waals surface area contributed by atoms with Gasteiger partial charge in [-0.05, 0) is 38.3 Å². The number of hydrogen-bond donors (Lipinski definition) is 1. The van der Waals surface area contributed by atoms with Crippen LogP contribution in [0.2, 0.25) is 0 Å². The van der Waals surface area contributed by atoms with E-state index in [9.17, 15) is 5.11 Å². The molecule has 5 nitrogen and oxygen atoms in total. The molecule has 0 saturated heterocycles.